The molecule has 0 radical (unpaired) electrons. The molecule has 0 rings (SSSR count). The Bertz CT molecular complexity index is 396. The van der Waals surface area contributed by atoms with E-state index in [1.54, 1.807) is 0 Å². The van der Waals surface area contributed by atoms with Crippen molar-refractivity contribution in [2.75, 3.05) is 0 Å². The maximum Gasteiger partial charge on any atom is 0.340 e. The third-order valence-corrected chi connectivity index (χ3v) is 3.64. The second-order valence-corrected chi connectivity index (χ2v) is 5.32. The number of hydrogen-bond acceptors (Lipinski definition) is 4. The summed E-state index contributed by atoms with van der Waals surface area (Å²) in [6.45, 7) is 0.668. The van der Waals surface area contributed by atoms with Gasteiger partial charge in [0.2, 0.25) is 0 Å². The molecule has 0 aromatic carbocycles. The van der Waals surface area contributed by atoms with Crippen LogP contribution in [0.3, 0.4) is 0 Å². The molecule has 0 aliphatic heterocycles. The van der Waals surface area contributed by atoms with E-state index in [9.17, 15) is 18.9 Å². The molecule has 5 N–H and O–H groups in total. The van der Waals surface area contributed by atoms with Gasteiger partial charge in [-0.15, -0.1) is 0 Å². The molecule has 0 amide bonds. The monoisotopic (exact) mass is 270 g/mol. The largest absolute Gasteiger partial charge is 0.481 e. The number of rotatable bonds is 6. The van der Waals surface area contributed by atoms with E-state index in [1.807, 2.05) is 0 Å². The van der Waals surface area contributed by atoms with Crippen LogP contribution in [0.4, 0.5) is 0 Å². The molecule has 2 atom stereocenters. The van der Waals surface area contributed by atoms with Gasteiger partial charge in [-0.05, 0) is 6.92 Å². The fourth-order valence-corrected chi connectivity index (χ4v) is 2.62. The first-order chi connectivity index (χ1) is 7.43. The summed E-state index contributed by atoms with van der Waals surface area (Å²) in [6, 6.07) is 0. The summed E-state index contributed by atoms with van der Waals surface area (Å²) in [7, 11) is -5.31. The highest BCUT2D eigenvalue weighted by atomic mass is 31.2. The van der Waals surface area contributed by atoms with Crippen LogP contribution in [-0.4, -0.2) is 48.7 Å². The Morgan fingerprint density at radius 2 is 1.59 bits per heavy atom. The van der Waals surface area contributed by atoms with Gasteiger partial charge in [-0.1, -0.05) is 0 Å². The van der Waals surface area contributed by atoms with E-state index >= 15 is 0 Å². The molecule has 0 aromatic rings. The van der Waals surface area contributed by atoms with Gasteiger partial charge in [-0.2, -0.15) is 0 Å². The highest BCUT2D eigenvalue weighted by molar-refractivity contribution is 7.53. The van der Waals surface area contributed by atoms with Crippen molar-refractivity contribution < 1.29 is 44.1 Å². The van der Waals surface area contributed by atoms with Gasteiger partial charge in [0.1, 0.15) is 5.41 Å². The minimum absolute atomic E-state index is 0.668. The predicted molar refractivity (Wildman–Crippen MR) is 51.5 cm³/mol. The SMILES string of the molecule is CC(CC(=O)O)(C(=O)O)C(C(=O)O)P(=O)(O)O. The second-order valence-electron chi connectivity index (χ2n) is 3.62. The third kappa shape index (κ3) is 3.52. The average molecular weight is 270 g/mol. The van der Waals surface area contributed by atoms with Gasteiger partial charge in [0.15, 0.2) is 5.66 Å². The fraction of sp³-hybridized carbons (Fsp3) is 0.571. The van der Waals surface area contributed by atoms with E-state index in [-0.39, 0.29) is 0 Å². The third-order valence-electron chi connectivity index (χ3n) is 2.18. The lowest BCUT2D eigenvalue weighted by Crippen LogP contribution is -2.45. The zero-order valence-electron chi connectivity index (χ0n) is 8.60. The molecular weight excluding hydrogens is 259 g/mol. The molecule has 10 heteroatoms. The van der Waals surface area contributed by atoms with Crippen LogP contribution in [0.1, 0.15) is 13.3 Å². The lowest BCUT2D eigenvalue weighted by molar-refractivity contribution is -0.159. The Hall–Kier alpha value is -1.44. The molecule has 0 saturated heterocycles. The van der Waals surface area contributed by atoms with Gasteiger partial charge in [-0.3, -0.25) is 18.9 Å². The topological polar surface area (TPSA) is 169 Å². The van der Waals surface area contributed by atoms with Crippen molar-refractivity contribution in [1.82, 2.24) is 0 Å². The van der Waals surface area contributed by atoms with E-state index in [2.05, 4.69) is 0 Å². The normalized spacial score (nSPS) is 16.9. The Morgan fingerprint density at radius 1 is 1.18 bits per heavy atom. The van der Waals surface area contributed by atoms with E-state index in [4.69, 9.17) is 25.1 Å². The first kappa shape index (κ1) is 15.6. The van der Waals surface area contributed by atoms with Gasteiger partial charge < -0.3 is 25.1 Å². The fourth-order valence-electron chi connectivity index (χ4n) is 1.39. The van der Waals surface area contributed by atoms with Crippen molar-refractivity contribution >= 4 is 25.5 Å². The minimum Gasteiger partial charge on any atom is -0.481 e. The number of carboxylic acid groups (broad SMARTS) is 3. The Balaban J connectivity index is 5.72. The Kier molecular flexibility index (Phi) is 4.41. The van der Waals surface area contributed by atoms with E-state index in [0.717, 1.165) is 0 Å². The van der Waals surface area contributed by atoms with Crippen LogP contribution >= 0.6 is 7.60 Å². The van der Waals surface area contributed by atoms with Gasteiger partial charge in [-0.25, -0.2) is 0 Å². The molecule has 98 valence electrons. The lowest BCUT2D eigenvalue weighted by atomic mass is 9.83. The van der Waals surface area contributed by atoms with Crippen molar-refractivity contribution in [3.8, 4) is 0 Å². The molecule has 0 saturated carbocycles. The van der Waals surface area contributed by atoms with Crippen LogP contribution in [0.15, 0.2) is 0 Å². The molecule has 17 heavy (non-hydrogen) atoms. The highest BCUT2D eigenvalue weighted by Crippen LogP contribution is 2.51. The van der Waals surface area contributed by atoms with Crippen LogP contribution in [0.25, 0.3) is 0 Å². The van der Waals surface area contributed by atoms with Gasteiger partial charge in [0.05, 0.1) is 6.42 Å². The maximum atomic E-state index is 11.0. The summed E-state index contributed by atoms with van der Waals surface area (Å²) >= 11 is 0. The number of carbonyl (C=O) groups is 3. The Labute approximate surface area is 94.8 Å². The zero-order chi connectivity index (χ0) is 14.0. The summed E-state index contributed by atoms with van der Waals surface area (Å²) in [5, 5.41) is 25.9. The standard InChI is InChI=1S/C7H11O9P/c1-7(6(12)13,2-3(8)9)4(5(10)11)17(14,15)16/h4H,2H2,1H3,(H,8,9)(H,10,11)(H,12,13)(H2,14,15,16). The van der Waals surface area contributed by atoms with E-state index < -0.39 is 43.0 Å². The summed E-state index contributed by atoms with van der Waals surface area (Å²) < 4.78 is 11.0. The molecular formula is C7H11O9P. The maximum absolute atomic E-state index is 11.0. The first-order valence-corrected chi connectivity index (χ1v) is 5.84. The van der Waals surface area contributed by atoms with E-state index in [0.29, 0.717) is 6.92 Å². The minimum atomic E-state index is -5.31. The summed E-state index contributed by atoms with van der Waals surface area (Å²) in [6.07, 6.45) is -1.22. The van der Waals surface area contributed by atoms with Crippen LogP contribution in [0.5, 0.6) is 0 Å². The van der Waals surface area contributed by atoms with Gasteiger partial charge >= 0.3 is 25.5 Å². The summed E-state index contributed by atoms with van der Waals surface area (Å²) in [5.74, 6) is -5.64. The van der Waals surface area contributed by atoms with Crippen molar-refractivity contribution in [2.24, 2.45) is 5.41 Å². The Morgan fingerprint density at radius 3 is 1.76 bits per heavy atom. The quantitative estimate of drug-likeness (QED) is 0.387. The molecule has 0 aliphatic carbocycles. The van der Waals surface area contributed by atoms with Crippen LogP contribution < -0.4 is 0 Å². The average Bonchev–Trinajstić information content (AvgIpc) is 1.96. The number of aliphatic carboxylic acids is 3. The van der Waals surface area contributed by atoms with Crippen molar-refractivity contribution in [3.05, 3.63) is 0 Å². The highest BCUT2D eigenvalue weighted by Gasteiger charge is 2.56. The number of hydrogen-bond donors (Lipinski definition) is 5. The van der Waals surface area contributed by atoms with Crippen LogP contribution in [0, 0.1) is 5.41 Å². The zero-order valence-corrected chi connectivity index (χ0v) is 9.50. The molecule has 0 aromatic heterocycles. The van der Waals surface area contributed by atoms with Gasteiger partial charge in [0, 0.05) is 0 Å². The van der Waals surface area contributed by atoms with Crippen molar-refractivity contribution in [2.45, 2.75) is 19.0 Å². The van der Waals surface area contributed by atoms with Crippen LogP contribution in [-0.2, 0) is 18.9 Å². The second kappa shape index (κ2) is 4.82. The summed E-state index contributed by atoms with van der Waals surface area (Å²) in [5.41, 5.74) is -5.22. The van der Waals surface area contributed by atoms with Crippen LogP contribution in [0.2, 0.25) is 0 Å². The van der Waals surface area contributed by atoms with Crippen molar-refractivity contribution in [1.29, 1.82) is 0 Å². The summed E-state index contributed by atoms with van der Waals surface area (Å²) in [4.78, 5) is 49.7. The van der Waals surface area contributed by atoms with Gasteiger partial charge in [0.25, 0.3) is 0 Å². The lowest BCUT2D eigenvalue weighted by Gasteiger charge is -2.29. The first-order valence-electron chi connectivity index (χ1n) is 4.16. The molecule has 0 aliphatic rings. The smallest absolute Gasteiger partial charge is 0.340 e. The molecule has 0 heterocycles. The number of carboxylic acids is 3. The molecule has 0 fully saturated rings. The van der Waals surface area contributed by atoms with Crippen molar-refractivity contribution in [3.63, 3.8) is 0 Å². The van der Waals surface area contributed by atoms with E-state index in [1.165, 1.54) is 0 Å². The molecule has 0 spiro atoms. The molecule has 2 unspecified atom stereocenters. The molecule has 9 nitrogen and oxygen atoms in total. The molecule has 0 bridgehead atoms. The predicted octanol–water partition coefficient (Wildman–Crippen LogP) is -0.817.